The Hall–Kier alpha value is -0.425. The molecule has 1 rings (SSSR count). The quantitative estimate of drug-likeness (QED) is 0.509. The molecule has 0 bridgehead atoms. The van der Waals surface area contributed by atoms with Crippen molar-refractivity contribution in [1.82, 2.24) is 0 Å². The molecule has 1 aromatic rings. The first-order chi connectivity index (χ1) is 6.24. The van der Waals surface area contributed by atoms with Crippen molar-refractivity contribution < 1.29 is 0 Å². The van der Waals surface area contributed by atoms with Gasteiger partial charge in [-0.2, -0.15) is 0 Å². The largest absolute Gasteiger partial charge is 0.122 e. The van der Waals surface area contributed by atoms with Crippen LogP contribution in [0.25, 0.3) is 0 Å². The van der Waals surface area contributed by atoms with Gasteiger partial charge in [-0.05, 0) is 24.0 Å². The van der Waals surface area contributed by atoms with Crippen LogP contribution in [0.15, 0.2) is 12.1 Å². The highest BCUT2D eigenvalue weighted by Gasteiger charge is 2.06. The first-order valence-electron chi connectivity index (χ1n) is 4.69. The fourth-order valence-electron chi connectivity index (χ4n) is 1.67. The predicted octanol–water partition coefficient (Wildman–Crippen LogP) is 2.34. The molecular weight excluding hydrogens is 178 g/mol. The van der Waals surface area contributed by atoms with Crippen molar-refractivity contribution in [3.63, 3.8) is 0 Å². The Bertz CT molecular complexity index is 294. The maximum absolute atomic E-state index is 5.91. The lowest BCUT2D eigenvalue weighted by molar-refractivity contribution is 1.04. The van der Waals surface area contributed by atoms with Crippen LogP contribution in [0.4, 0.5) is 0 Å². The van der Waals surface area contributed by atoms with Gasteiger partial charge in [-0.1, -0.05) is 37.0 Å². The second-order valence-electron chi connectivity index (χ2n) is 3.11. The number of aryl methyl sites for hydroxylation is 1. The van der Waals surface area contributed by atoms with Gasteiger partial charge in [0.2, 0.25) is 0 Å². The Balaban J connectivity index is 3.27. The Labute approximate surface area is 86.7 Å². The van der Waals surface area contributed by atoms with Crippen LogP contribution in [0.1, 0.15) is 30.5 Å². The summed E-state index contributed by atoms with van der Waals surface area (Å²) in [5, 5.41) is 0. The second-order valence-corrected chi connectivity index (χ2v) is 3.38. The molecule has 2 radical (unpaired) electrons. The minimum atomic E-state index is 0.567. The molecule has 0 saturated heterocycles. The van der Waals surface area contributed by atoms with Gasteiger partial charge >= 0.3 is 0 Å². The Kier molecular flexibility index (Phi) is 3.86. The van der Waals surface area contributed by atoms with E-state index in [1.54, 1.807) is 0 Å². The maximum Gasteiger partial charge on any atom is 0.114 e. The molecule has 0 nitrogen and oxygen atoms in total. The number of hydrogen-bond donors (Lipinski definition) is 0. The van der Waals surface area contributed by atoms with Crippen LogP contribution in [0.3, 0.4) is 0 Å². The molecule has 0 aliphatic rings. The zero-order valence-electron chi connectivity index (χ0n) is 8.23. The summed E-state index contributed by atoms with van der Waals surface area (Å²) in [4.78, 5) is 0. The van der Waals surface area contributed by atoms with Crippen molar-refractivity contribution in [1.29, 1.82) is 0 Å². The van der Waals surface area contributed by atoms with Gasteiger partial charge in [0.1, 0.15) is 7.85 Å². The van der Waals surface area contributed by atoms with Gasteiger partial charge in [0, 0.05) is 5.88 Å². The summed E-state index contributed by atoms with van der Waals surface area (Å²) < 4.78 is 0. The molecule has 0 heterocycles. The van der Waals surface area contributed by atoms with E-state index in [1.165, 1.54) is 16.7 Å². The molecule has 2 heteroatoms. The van der Waals surface area contributed by atoms with E-state index in [4.69, 9.17) is 19.4 Å². The zero-order valence-corrected chi connectivity index (χ0v) is 8.99. The number of hydrogen-bond acceptors (Lipinski definition) is 0. The van der Waals surface area contributed by atoms with Crippen molar-refractivity contribution in [3.8, 4) is 0 Å². The van der Waals surface area contributed by atoms with Crippen molar-refractivity contribution in [2.45, 2.75) is 32.6 Å². The summed E-state index contributed by atoms with van der Waals surface area (Å²) in [7, 11) is 5.87. The summed E-state index contributed by atoms with van der Waals surface area (Å²) in [6, 6.07) is 4.06. The molecule has 0 N–H and O–H groups in total. The monoisotopic (exact) mass is 192 g/mol. The molecule has 0 spiro atoms. The molecule has 0 aromatic heterocycles. The number of alkyl halides is 1. The van der Waals surface area contributed by atoms with Crippen molar-refractivity contribution in [2.24, 2.45) is 0 Å². The minimum Gasteiger partial charge on any atom is -0.122 e. The average Bonchev–Trinajstić information content (AvgIpc) is 2.17. The summed E-state index contributed by atoms with van der Waals surface area (Å²) in [6.07, 6.45) is 1.98. The lowest BCUT2D eigenvalue weighted by Gasteiger charge is -2.13. The normalized spacial score (nSPS) is 10.4. The third kappa shape index (κ3) is 2.08. The van der Waals surface area contributed by atoms with Gasteiger partial charge in [-0.15, -0.1) is 11.6 Å². The Morgan fingerprint density at radius 1 is 1.15 bits per heavy atom. The third-order valence-electron chi connectivity index (χ3n) is 2.43. The van der Waals surface area contributed by atoms with Gasteiger partial charge in [0.05, 0.1) is 0 Å². The number of benzene rings is 1. The molecule has 68 valence electrons. The van der Waals surface area contributed by atoms with Crippen LogP contribution < -0.4 is 5.46 Å². The van der Waals surface area contributed by atoms with Gasteiger partial charge in [-0.25, -0.2) is 0 Å². The van der Waals surface area contributed by atoms with Crippen LogP contribution in [-0.4, -0.2) is 7.85 Å². The first-order valence-corrected chi connectivity index (χ1v) is 5.23. The number of halogens is 1. The molecule has 0 fully saturated rings. The van der Waals surface area contributed by atoms with Gasteiger partial charge < -0.3 is 0 Å². The molecular formula is C11H14BCl. The first kappa shape index (κ1) is 10.7. The highest BCUT2D eigenvalue weighted by molar-refractivity contribution is 6.33. The molecule has 13 heavy (non-hydrogen) atoms. The van der Waals surface area contributed by atoms with E-state index in [2.05, 4.69) is 19.9 Å². The van der Waals surface area contributed by atoms with Crippen LogP contribution in [0, 0.1) is 0 Å². The van der Waals surface area contributed by atoms with Crippen molar-refractivity contribution in [3.05, 3.63) is 28.8 Å². The van der Waals surface area contributed by atoms with E-state index < -0.39 is 0 Å². The fourth-order valence-corrected chi connectivity index (χ4v) is 2.01. The van der Waals surface area contributed by atoms with E-state index in [0.717, 1.165) is 18.3 Å². The molecule has 0 unspecified atom stereocenters. The minimum absolute atomic E-state index is 0.567. The van der Waals surface area contributed by atoms with Crippen LogP contribution in [-0.2, 0) is 18.7 Å². The SMILES string of the molecule is [B]c1ccc(CC)c(CCl)c1CC. The van der Waals surface area contributed by atoms with Gasteiger partial charge in [-0.3, -0.25) is 0 Å². The summed E-state index contributed by atoms with van der Waals surface area (Å²) >= 11 is 5.91. The maximum atomic E-state index is 5.91. The summed E-state index contributed by atoms with van der Waals surface area (Å²) in [5.74, 6) is 0.567. The molecule has 1 aromatic carbocycles. The smallest absolute Gasteiger partial charge is 0.114 e. The highest BCUT2D eigenvalue weighted by atomic mass is 35.5. The van der Waals surface area contributed by atoms with E-state index in [9.17, 15) is 0 Å². The Morgan fingerprint density at radius 3 is 2.31 bits per heavy atom. The van der Waals surface area contributed by atoms with Crippen LogP contribution in [0.2, 0.25) is 0 Å². The molecule has 0 saturated carbocycles. The predicted molar refractivity (Wildman–Crippen MR) is 60.1 cm³/mol. The molecule has 0 amide bonds. The summed E-state index contributed by atoms with van der Waals surface area (Å²) in [5.41, 5.74) is 4.64. The van der Waals surface area contributed by atoms with Gasteiger partial charge in [0.15, 0.2) is 0 Å². The molecule has 0 aliphatic heterocycles. The third-order valence-corrected chi connectivity index (χ3v) is 2.70. The zero-order chi connectivity index (χ0) is 9.84. The van der Waals surface area contributed by atoms with E-state index in [0.29, 0.717) is 5.88 Å². The van der Waals surface area contributed by atoms with Crippen LogP contribution >= 0.6 is 11.6 Å². The molecule has 0 atom stereocenters. The number of rotatable bonds is 3. The standard InChI is InChI=1S/C11H14BCl/c1-3-8-5-6-11(12)9(4-2)10(8)7-13/h5-6H,3-4,7H2,1-2H3. The second kappa shape index (κ2) is 4.71. The molecule has 0 aliphatic carbocycles. The van der Waals surface area contributed by atoms with Crippen molar-refractivity contribution >= 4 is 24.9 Å². The lowest BCUT2D eigenvalue weighted by atomic mass is 9.84. The van der Waals surface area contributed by atoms with E-state index >= 15 is 0 Å². The van der Waals surface area contributed by atoms with E-state index in [1.807, 2.05) is 6.07 Å². The fraction of sp³-hybridized carbons (Fsp3) is 0.455. The lowest BCUT2D eigenvalue weighted by Crippen LogP contribution is -2.14. The highest BCUT2D eigenvalue weighted by Crippen LogP contribution is 2.16. The Morgan fingerprint density at radius 2 is 1.85 bits per heavy atom. The van der Waals surface area contributed by atoms with Crippen molar-refractivity contribution in [2.75, 3.05) is 0 Å². The summed E-state index contributed by atoms with van der Waals surface area (Å²) in [6.45, 7) is 4.25. The average molecular weight is 192 g/mol. The van der Waals surface area contributed by atoms with Crippen LogP contribution in [0.5, 0.6) is 0 Å². The van der Waals surface area contributed by atoms with Gasteiger partial charge in [0.25, 0.3) is 0 Å². The topological polar surface area (TPSA) is 0 Å². The van der Waals surface area contributed by atoms with E-state index in [-0.39, 0.29) is 0 Å².